The predicted molar refractivity (Wildman–Crippen MR) is 48.3 cm³/mol. The minimum Gasteiger partial charge on any atom is -0.390 e. The van der Waals surface area contributed by atoms with E-state index in [1.165, 1.54) is 0 Å². The third-order valence-corrected chi connectivity index (χ3v) is 1.98. The molecule has 2 aromatic rings. The molecule has 0 aliphatic carbocycles. The van der Waals surface area contributed by atoms with Crippen LogP contribution in [0.25, 0.3) is 0 Å². The highest BCUT2D eigenvalue weighted by Gasteiger charge is 2.02. The third kappa shape index (κ3) is 1.64. The van der Waals surface area contributed by atoms with Crippen LogP contribution in [-0.2, 0) is 20.2 Å². The van der Waals surface area contributed by atoms with Gasteiger partial charge >= 0.3 is 0 Å². The molecule has 0 bridgehead atoms. The van der Waals surface area contributed by atoms with Gasteiger partial charge in [-0.25, -0.2) is 4.98 Å². The average Bonchev–Trinajstić information content (AvgIpc) is 2.77. The van der Waals surface area contributed by atoms with Crippen LogP contribution in [0.5, 0.6) is 0 Å². The number of aliphatic hydroxyl groups excluding tert-OH is 1. The molecule has 1 N–H and O–H groups in total. The fourth-order valence-electron chi connectivity index (χ4n) is 1.19. The van der Waals surface area contributed by atoms with Crippen molar-refractivity contribution in [3.8, 4) is 0 Å². The van der Waals surface area contributed by atoms with Gasteiger partial charge in [0.05, 0.1) is 25.2 Å². The summed E-state index contributed by atoms with van der Waals surface area (Å²) in [5.41, 5.74) is 0.659. The lowest BCUT2D eigenvalue weighted by Gasteiger charge is -2.00. The van der Waals surface area contributed by atoms with E-state index in [1.54, 1.807) is 18.9 Å². The molecule has 74 valence electrons. The number of hydrogen-bond donors (Lipinski definition) is 1. The second-order valence-electron chi connectivity index (χ2n) is 3.05. The Morgan fingerprint density at radius 3 is 2.86 bits per heavy atom. The summed E-state index contributed by atoms with van der Waals surface area (Å²) in [6.45, 7) is 0.579. The smallest absolute Gasteiger partial charge is 0.152 e. The van der Waals surface area contributed by atoms with Gasteiger partial charge in [0.2, 0.25) is 0 Å². The van der Waals surface area contributed by atoms with E-state index in [0.717, 1.165) is 5.82 Å². The van der Waals surface area contributed by atoms with Gasteiger partial charge in [0.1, 0.15) is 6.33 Å². The van der Waals surface area contributed by atoms with Crippen molar-refractivity contribution >= 4 is 0 Å². The maximum atomic E-state index is 8.82. The van der Waals surface area contributed by atoms with Gasteiger partial charge in [-0.05, 0) is 0 Å². The normalized spacial score (nSPS) is 10.7. The first-order valence-electron chi connectivity index (χ1n) is 4.24. The number of aromatic nitrogens is 5. The molecule has 0 fully saturated rings. The molecular formula is C8H11N5O. The van der Waals surface area contributed by atoms with Gasteiger partial charge < -0.3 is 14.2 Å². The maximum Gasteiger partial charge on any atom is 0.152 e. The van der Waals surface area contributed by atoms with Crippen molar-refractivity contribution in [1.29, 1.82) is 0 Å². The van der Waals surface area contributed by atoms with Crippen molar-refractivity contribution in [2.45, 2.75) is 13.2 Å². The van der Waals surface area contributed by atoms with Gasteiger partial charge in [-0.2, -0.15) is 0 Å². The third-order valence-electron chi connectivity index (χ3n) is 1.98. The Kier molecular flexibility index (Phi) is 2.28. The molecule has 2 aromatic heterocycles. The zero-order valence-electron chi connectivity index (χ0n) is 7.83. The molecule has 0 aliphatic heterocycles. The first-order chi connectivity index (χ1) is 6.79. The SMILES string of the molecule is Cn1cnnc1Cn1cnc(CO)c1. The highest BCUT2D eigenvalue weighted by atomic mass is 16.3. The second kappa shape index (κ2) is 3.59. The van der Waals surface area contributed by atoms with Gasteiger partial charge in [0, 0.05) is 13.2 Å². The maximum absolute atomic E-state index is 8.82. The number of nitrogens with zero attached hydrogens (tertiary/aromatic N) is 5. The summed E-state index contributed by atoms with van der Waals surface area (Å²) >= 11 is 0. The van der Waals surface area contributed by atoms with Gasteiger partial charge in [0.25, 0.3) is 0 Å². The Morgan fingerprint density at radius 2 is 2.29 bits per heavy atom. The van der Waals surface area contributed by atoms with E-state index >= 15 is 0 Å². The number of imidazole rings is 1. The second-order valence-corrected chi connectivity index (χ2v) is 3.05. The monoisotopic (exact) mass is 193 g/mol. The molecule has 6 nitrogen and oxygen atoms in total. The highest BCUT2D eigenvalue weighted by molar-refractivity contribution is 4.97. The van der Waals surface area contributed by atoms with Crippen molar-refractivity contribution in [2.75, 3.05) is 0 Å². The lowest BCUT2D eigenvalue weighted by molar-refractivity contribution is 0.277. The summed E-state index contributed by atoms with van der Waals surface area (Å²) in [6.07, 6.45) is 5.11. The van der Waals surface area contributed by atoms with Crippen LogP contribution in [-0.4, -0.2) is 29.4 Å². The van der Waals surface area contributed by atoms with E-state index in [4.69, 9.17) is 5.11 Å². The van der Waals surface area contributed by atoms with Crippen molar-refractivity contribution in [3.05, 3.63) is 30.4 Å². The lowest BCUT2D eigenvalue weighted by Crippen LogP contribution is -2.03. The van der Waals surface area contributed by atoms with Crippen molar-refractivity contribution in [3.63, 3.8) is 0 Å². The molecule has 0 saturated heterocycles. The first kappa shape index (κ1) is 8.89. The molecule has 2 rings (SSSR count). The van der Waals surface area contributed by atoms with Crippen LogP contribution in [0.15, 0.2) is 18.9 Å². The molecule has 0 aliphatic rings. The molecule has 14 heavy (non-hydrogen) atoms. The minimum absolute atomic E-state index is 0.0359. The van der Waals surface area contributed by atoms with E-state index in [9.17, 15) is 0 Å². The predicted octanol–water partition coefficient (Wildman–Crippen LogP) is -0.448. The quantitative estimate of drug-likeness (QED) is 0.717. The van der Waals surface area contributed by atoms with E-state index < -0.39 is 0 Å². The summed E-state index contributed by atoms with van der Waals surface area (Å²) in [6, 6.07) is 0. The van der Waals surface area contributed by atoms with Crippen LogP contribution in [0.3, 0.4) is 0 Å². The molecule has 0 atom stereocenters. The highest BCUT2D eigenvalue weighted by Crippen LogP contribution is 2.00. The Morgan fingerprint density at radius 1 is 1.43 bits per heavy atom. The van der Waals surface area contributed by atoms with Gasteiger partial charge in [-0.3, -0.25) is 0 Å². The summed E-state index contributed by atoms with van der Waals surface area (Å²) in [5.74, 6) is 0.854. The molecule has 6 heteroatoms. The molecule has 0 radical (unpaired) electrons. The summed E-state index contributed by atoms with van der Waals surface area (Å²) in [5, 5.41) is 16.5. The fourth-order valence-corrected chi connectivity index (χ4v) is 1.19. The number of aliphatic hydroxyl groups is 1. The molecule has 0 aromatic carbocycles. The van der Waals surface area contributed by atoms with E-state index in [1.807, 2.05) is 16.2 Å². The fraction of sp³-hybridized carbons (Fsp3) is 0.375. The van der Waals surface area contributed by atoms with E-state index in [0.29, 0.717) is 12.2 Å². The number of aryl methyl sites for hydroxylation is 1. The average molecular weight is 193 g/mol. The van der Waals surface area contributed by atoms with Crippen molar-refractivity contribution in [2.24, 2.45) is 7.05 Å². The van der Waals surface area contributed by atoms with Gasteiger partial charge in [-0.15, -0.1) is 10.2 Å². The Labute approximate surface area is 80.8 Å². The van der Waals surface area contributed by atoms with Gasteiger partial charge in [0.15, 0.2) is 5.82 Å². The zero-order valence-corrected chi connectivity index (χ0v) is 7.83. The molecular weight excluding hydrogens is 182 g/mol. The summed E-state index contributed by atoms with van der Waals surface area (Å²) in [4.78, 5) is 4.00. The first-order valence-corrected chi connectivity index (χ1v) is 4.24. The van der Waals surface area contributed by atoms with E-state index in [-0.39, 0.29) is 6.61 Å². The minimum atomic E-state index is -0.0359. The molecule has 0 saturated carbocycles. The van der Waals surface area contributed by atoms with Crippen LogP contribution < -0.4 is 0 Å². The summed E-state index contributed by atoms with van der Waals surface area (Å²) in [7, 11) is 1.89. The number of rotatable bonds is 3. The van der Waals surface area contributed by atoms with Crippen LogP contribution in [0.4, 0.5) is 0 Å². The zero-order chi connectivity index (χ0) is 9.97. The Hall–Kier alpha value is -1.69. The summed E-state index contributed by atoms with van der Waals surface area (Å²) < 4.78 is 3.70. The van der Waals surface area contributed by atoms with E-state index in [2.05, 4.69) is 15.2 Å². The number of hydrogen-bond acceptors (Lipinski definition) is 4. The largest absolute Gasteiger partial charge is 0.390 e. The van der Waals surface area contributed by atoms with Crippen LogP contribution in [0.1, 0.15) is 11.5 Å². The molecule has 0 amide bonds. The van der Waals surface area contributed by atoms with Gasteiger partial charge in [-0.1, -0.05) is 0 Å². The Bertz CT molecular complexity index is 419. The topological polar surface area (TPSA) is 68.8 Å². The standard InChI is InChI=1S/C8H11N5O/c1-12-6-10-11-8(12)3-13-2-7(4-14)9-5-13/h2,5-6,14H,3-4H2,1H3. The Balaban J connectivity index is 2.15. The lowest BCUT2D eigenvalue weighted by atomic mass is 10.5. The van der Waals surface area contributed by atoms with Crippen LogP contribution >= 0.6 is 0 Å². The molecule has 0 unspecified atom stereocenters. The van der Waals surface area contributed by atoms with Crippen molar-refractivity contribution in [1.82, 2.24) is 24.3 Å². The van der Waals surface area contributed by atoms with Crippen molar-refractivity contribution < 1.29 is 5.11 Å². The molecule has 2 heterocycles. The van der Waals surface area contributed by atoms with Crippen LogP contribution in [0.2, 0.25) is 0 Å². The van der Waals surface area contributed by atoms with Crippen LogP contribution in [0, 0.1) is 0 Å². The molecule has 0 spiro atoms.